The largest absolute Gasteiger partial charge is 0.395 e. The van der Waals surface area contributed by atoms with E-state index in [0.29, 0.717) is 0 Å². The summed E-state index contributed by atoms with van der Waals surface area (Å²) >= 11 is 3.24. The summed E-state index contributed by atoms with van der Waals surface area (Å²) in [5, 5.41) is 8.72. The highest BCUT2D eigenvalue weighted by atomic mass is 79.9. The van der Waals surface area contributed by atoms with E-state index in [9.17, 15) is 4.39 Å². The predicted octanol–water partition coefficient (Wildman–Crippen LogP) is 2.25. The Kier molecular flexibility index (Phi) is 3.02. The smallest absolute Gasteiger partial charge is 0.123 e. The van der Waals surface area contributed by atoms with Gasteiger partial charge >= 0.3 is 0 Å². The maximum absolute atomic E-state index is 12.4. The van der Waals surface area contributed by atoms with E-state index in [0.717, 1.165) is 5.56 Å². The van der Waals surface area contributed by atoms with E-state index in [1.54, 1.807) is 12.1 Å². The van der Waals surface area contributed by atoms with Gasteiger partial charge in [0.25, 0.3) is 0 Å². The fourth-order valence-electron chi connectivity index (χ4n) is 0.777. The van der Waals surface area contributed by atoms with Gasteiger partial charge in [-0.1, -0.05) is 28.1 Å². The van der Waals surface area contributed by atoms with Crippen LogP contribution in [0.15, 0.2) is 24.3 Å². The van der Waals surface area contributed by atoms with Gasteiger partial charge in [-0.2, -0.15) is 0 Å². The number of aliphatic hydroxyl groups excluding tert-OH is 1. The topological polar surface area (TPSA) is 20.2 Å². The summed E-state index contributed by atoms with van der Waals surface area (Å²) in [6, 6.07) is 6.04. The molecule has 11 heavy (non-hydrogen) atoms. The lowest BCUT2D eigenvalue weighted by Crippen LogP contribution is -1.94. The Morgan fingerprint density at radius 3 is 2.36 bits per heavy atom. The maximum atomic E-state index is 12.4. The minimum atomic E-state index is -0.258. The molecule has 1 rings (SSSR count). The van der Waals surface area contributed by atoms with Gasteiger partial charge in [-0.05, 0) is 17.7 Å². The fraction of sp³-hybridized carbons (Fsp3) is 0.250. The van der Waals surface area contributed by atoms with Crippen molar-refractivity contribution in [3.05, 3.63) is 35.6 Å². The highest BCUT2D eigenvalue weighted by Gasteiger charge is 2.04. The molecule has 0 amide bonds. The van der Waals surface area contributed by atoms with Crippen molar-refractivity contribution in [3.63, 3.8) is 0 Å². The third-order valence-electron chi connectivity index (χ3n) is 1.39. The molecule has 0 aliphatic carbocycles. The lowest BCUT2D eigenvalue weighted by Gasteiger charge is -2.04. The van der Waals surface area contributed by atoms with Crippen molar-refractivity contribution in [1.29, 1.82) is 0 Å². The molecule has 0 heterocycles. The molecule has 0 aliphatic heterocycles. The zero-order chi connectivity index (χ0) is 8.27. The molecule has 0 unspecified atom stereocenters. The van der Waals surface area contributed by atoms with Crippen molar-refractivity contribution < 1.29 is 9.50 Å². The zero-order valence-corrected chi connectivity index (χ0v) is 7.38. The van der Waals surface area contributed by atoms with Crippen LogP contribution in [0.5, 0.6) is 0 Å². The molecule has 0 saturated carbocycles. The van der Waals surface area contributed by atoms with E-state index in [-0.39, 0.29) is 17.3 Å². The molecule has 1 N–H and O–H groups in total. The van der Waals surface area contributed by atoms with Gasteiger partial charge in [-0.25, -0.2) is 4.39 Å². The highest BCUT2D eigenvalue weighted by Crippen LogP contribution is 2.21. The summed E-state index contributed by atoms with van der Waals surface area (Å²) in [6.07, 6.45) is 0. The number of benzene rings is 1. The van der Waals surface area contributed by atoms with Crippen LogP contribution < -0.4 is 0 Å². The second-order valence-electron chi connectivity index (χ2n) is 2.20. The Bertz CT molecular complexity index is 222. The van der Waals surface area contributed by atoms with Gasteiger partial charge in [-0.15, -0.1) is 0 Å². The Hall–Kier alpha value is -0.410. The molecule has 1 aromatic rings. The van der Waals surface area contributed by atoms with E-state index >= 15 is 0 Å². The summed E-state index contributed by atoms with van der Waals surface area (Å²) in [7, 11) is 0. The van der Waals surface area contributed by atoms with Crippen LogP contribution in [0.25, 0.3) is 0 Å². The van der Waals surface area contributed by atoms with E-state index in [1.165, 1.54) is 12.1 Å². The first-order valence-corrected chi connectivity index (χ1v) is 4.16. The molecule has 0 saturated heterocycles. The summed E-state index contributed by atoms with van der Waals surface area (Å²) in [4.78, 5) is -0.0944. The molecule has 60 valence electrons. The van der Waals surface area contributed by atoms with E-state index in [1.807, 2.05) is 0 Å². The van der Waals surface area contributed by atoms with Crippen LogP contribution in [-0.4, -0.2) is 11.7 Å². The van der Waals surface area contributed by atoms with Gasteiger partial charge in [0.15, 0.2) is 0 Å². The van der Waals surface area contributed by atoms with Crippen molar-refractivity contribution in [3.8, 4) is 0 Å². The monoisotopic (exact) mass is 218 g/mol. The molecule has 1 aromatic carbocycles. The van der Waals surface area contributed by atoms with Crippen LogP contribution >= 0.6 is 15.9 Å². The van der Waals surface area contributed by atoms with Crippen LogP contribution in [0.2, 0.25) is 0 Å². The van der Waals surface area contributed by atoms with E-state index < -0.39 is 0 Å². The van der Waals surface area contributed by atoms with Gasteiger partial charge in [0, 0.05) is 0 Å². The minimum Gasteiger partial charge on any atom is -0.395 e. The average Bonchev–Trinajstić information content (AvgIpc) is 2.05. The molecular formula is C8H8BrFO. The summed E-state index contributed by atoms with van der Waals surface area (Å²) < 4.78 is 12.4. The highest BCUT2D eigenvalue weighted by molar-refractivity contribution is 9.09. The second-order valence-corrected chi connectivity index (χ2v) is 3.31. The molecule has 3 heteroatoms. The first-order valence-electron chi connectivity index (χ1n) is 3.24. The van der Waals surface area contributed by atoms with Crippen molar-refractivity contribution in [2.75, 3.05) is 6.61 Å². The van der Waals surface area contributed by atoms with Crippen LogP contribution in [0.1, 0.15) is 10.4 Å². The third kappa shape index (κ3) is 2.27. The van der Waals surface area contributed by atoms with Crippen LogP contribution in [0, 0.1) is 5.82 Å². The number of hydrogen-bond acceptors (Lipinski definition) is 1. The number of alkyl halides is 1. The van der Waals surface area contributed by atoms with Crippen molar-refractivity contribution in [2.45, 2.75) is 4.83 Å². The number of aliphatic hydroxyl groups is 1. The standard InChI is InChI=1S/C8H8BrFO/c9-8(5-11)6-1-3-7(10)4-2-6/h1-4,8,11H,5H2/t8-/m1/s1. The predicted molar refractivity (Wildman–Crippen MR) is 45.2 cm³/mol. The summed E-state index contributed by atoms with van der Waals surface area (Å²) in [6.45, 7) is 0.0195. The molecule has 0 aliphatic rings. The Morgan fingerprint density at radius 1 is 1.36 bits per heavy atom. The van der Waals surface area contributed by atoms with Gasteiger partial charge in [0.2, 0.25) is 0 Å². The maximum Gasteiger partial charge on any atom is 0.123 e. The Morgan fingerprint density at radius 2 is 1.91 bits per heavy atom. The molecule has 1 atom stereocenters. The summed E-state index contributed by atoms with van der Waals surface area (Å²) in [5.74, 6) is -0.258. The third-order valence-corrected chi connectivity index (χ3v) is 2.21. The van der Waals surface area contributed by atoms with E-state index in [2.05, 4.69) is 15.9 Å². The second kappa shape index (κ2) is 3.83. The number of halogens is 2. The average molecular weight is 219 g/mol. The Balaban J connectivity index is 2.81. The minimum absolute atomic E-state index is 0.0195. The van der Waals surface area contributed by atoms with E-state index in [4.69, 9.17) is 5.11 Å². The normalized spacial score (nSPS) is 13.0. The molecule has 0 bridgehead atoms. The van der Waals surface area contributed by atoms with Crippen LogP contribution in [0.3, 0.4) is 0 Å². The summed E-state index contributed by atoms with van der Waals surface area (Å²) in [5.41, 5.74) is 0.883. The van der Waals surface area contributed by atoms with Crippen molar-refractivity contribution in [1.82, 2.24) is 0 Å². The number of hydrogen-bond donors (Lipinski definition) is 1. The molecule has 1 nitrogen and oxygen atoms in total. The molecular weight excluding hydrogens is 211 g/mol. The number of rotatable bonds is 2. The van der Waals surface area contributed by atoms with Crippen LogP contribution in [0.4, 0.5) is 4.39 Å². The first kappa shape index (κ1) is 8.68. The fourth-order valence-corrected chi connectivity index (χ4v) is 1.08. The molecule has 0 spiro atoms. The molecule has 0 aromatic heterocycles. The molecule has 0 radical (unpaired) electrons. The lowest BCUT2D eigenvalue weighted by molar-refractivity contribution is 0.298. The van der Waals surface area contributed by atoms with Gasteiger partial charge in [-0.3, -0.25) is 0 Å². The van der Waals surface area contributed by atoms with Crippen molar-refractivity contribution in [2.24, 2.45) is 0 Å². The lowest BCUT2D eigenvalue weighted by atomic mass is 10.2. The van der Waals surface area contributed by atoms with Gasteiger partial charge in [0.1, 0.15) is 5.82 Å². The van der Waals surface area contributed by atoms with Gasteiger partial charge in [0.05, 0.1) is 11.4 Å². The quantitative estimate of drug-likeness (QED) is 0.756. The molecule has 0 fully saturated rings. The SMILES string of the molecule is OC[C@@H](Br)c1ccc(F)cc1. The zero-order valence-electron chi connectivity index (χ0n) is 5.80. The Labute approximate surface area is 73.0 Å². The van der Waals surface area contributed by atoms with Crippen LogP contribution in [-0.2, 0) is 0 Å². The first-order chi connectivity index (χ1) is 5.24. The van der Waals surface area contributed by atoms with Crippen molar-refractivity contribution >= 4 is 15.9 Å². The van der Waals surface area contributed by atoms with Gasteiger partial charge < -0.3 is 5.11 Å².